The van der Waals surface area contributed by atoms with Crippen LogP contribution in [0.4, 0.5) is 0 Å². The molecule has 0 heterocycles. The molecule has 6 nitrogen and oxygen atoms in total. The van der Waals surface area contributed by atoms with Crippen molar-refractivity contribution >= 4 is 5.97 Å². The molecule has 0 aliphatic carbocycles. The molecule has 104 valence electrons. The molecule has 0 aromatic carbocycles. The standard InChI is InChI=1S/C12H20O6/c1-4-17-11(18-12(14)10(2)3)9-16-8-7-15-6-5-13/h4,11,13H,1-2,5-9H2,3H3. The minimum absolute atomic E-state index is 0.0293. The first-order valence-corrected chi connectivity index (χ1v) is 5.51. The summed E-state index contributed by atoms with van der Waals surface area (Å²) >= 11 is 0. The molecule has 0 fully saturated rings. The summed E-state index contributed by atoms with van der Waals surface area (Å²) in [4.78, 5) is 11.3. The topological polar surface area (TPSA) is 74.2 Å². The van der Waals surface area contributed by atoms with Gasteiger partial charge in [-0.15, -0.1) is 0 Å². The van der Waals surface area contributed by atoms with Gasteiger partial charge in [0.2, 0.25) is 0 Å². The van der Waals surface area contributed by atoms with Crippen LogP contribution in [0.5, 0.6) is 0 Å². The third kappa shape index (κ3) is 8.74. The Morgan fingerprint density at radius 1 is 1.33 bits per heavy atom. The van der Waals surface area contributed by atoms with E-state index in [1.807, 2.05) is 0 Å². The zero-order chi connectivity index (χ0) is 13.8. The largest absolute Gasteiger partial charge is 0.461 e. The average molecular weight is 260 g/mol. The van der Waals surface area contributed by atoms with Crippen LogP contribution in [0.15, 0.2) is 25.0 Å². The van der Waals surface area contributed by atoms with Gasteiger partial charge in [0.05, 0.1) is 32.7 Å². The highest BCUT2D eigenvalue weighted by Gasteiger charge is 2.14. The third-order valence-corrected chi connectivity index (χ3v) is 1.70. The Bertz CT molecular complexity index is 263. The van der Waals surface area contributed by atoms with Crippen molar-refractivity contribution in [1.29, 1.82) is 0 Å². The molecular weight excluding hydrogens is 240 g/mol. The second kappa shape index (κ2) is 10.8. The van der Waals surface area contributed by atoms with Gasteiger partial charge >= 0.3 is 5.97 Å². The van der Waals surface area contributed by atoms with Crippen molar-refractivity contribution in [3.8, 4) is 0 Å². The summed E-state index contributed by atoms with van der Waals surface area (Å²) in [5.74, 6) is -0.554. The minimum Gasteiger partial charge on any atom is -0.461 e. The maximum absolute atomic E-state index is 11.3. The zero-order valence-electron chi connectivity index (χ0n) is 10.6. The number of hydrogen-bond acceptors (Lipinski definition) is 6. The summed E-state index contributed by atoms with van der Waals surface area (Å²) in [7, 11) is 0. The van der Waals surface area contributed by atoms with E-state index in [1.165, 1.54) is 13.2 Å². The van der Waals surface area contributed by atoms with Crippen molar-refractivity contribution in [3.63, 3.8) is 0 Å². The van der Waals surface area contributed by atoms with Gasteiger partial charge < -0.3 is 24.1 Å². The van der Waals surface area contributed by atoms with Crippen molar-refractivity contribution in [1.82, 2.24) is 0 Å². The van der Waals surface area contributed by atoms with Crippen molar-refractivity contribution in [2.75, 3.05) is 33.0 Å². The monoisotopic (exact) mass is 260 g/mol. The lowest BCUT2D eigenvalue weighted by Crippen LogP contribution is -2.26. The van der Waals surface area contributed by atoms with Crippen LogP contribution in [0.2, 0.25) is 0 Å². The van der Waals surface area contributed by atoms with E-state index in [0.717, 1.165) is 0 Å². The van der Waals surface area contributed by atoms with Gasteiger partial charge in [0.15, 0.2) is 0 Å². The smallest absolute Gasteiger partial charge is 0.336 e. The number of aliphatic hydroxyl groups is 1. The minimum atomic E-state index is -0.857. The van der Waals surface area contributed by atoms with Crippen LogP contribution in [0.3, 0.4) is 0 Å². The van der Waals surface area contributed by atoms with Gasteiger partial charge in [-0.3, -0.25) is 0 Å². The zero-order valence-corrected chi connectivity index (χ0v) is 10.6. The predicted octanol–water partition coefficient (Wildman–Crippen LogP) is 0.617. The quantitative estimate of drug-likeness (QED) is 0.193. The molecule has 1 atom stereocenters. The predicted molar refractivity (Wildman–Crippen MR) is 64.7 cm³/mol. The molecule has 0 spiro atoms. The highest BCUT2D eigenvalue weighted by Crippen LogP contribution is 2.02. The Morgan fingerprint density at radius 3 is 2.56 bits per heavy atom. The fourth-order valence-electron chi connectivity index (χ4n) is 0.892. The van der Waals surface area contributed by atoms with E-state index in [-0.39, 0.29) is 25.4 Å². The van der Waals surface area contributed by atoms with Crippen LogP contribution in [0.1, 0.15) is 6.92 Å². The van der Waals surface area contributed by atoms with E-state index in [1.54, 1.807) is 0 Å². The molecule has 0 aliphatic heterocycles. The summed E-state index contributed by atoms with van der Waals surface area (Å²) in [6, 6.07) is 0. The molecule has 0 aromatic rings. The number of aliphatic hydroxyl groups excluding tert-OH is 1. The van der Waals surface area contributed by atoms with E-state index >= 15 is 0 Å². The van der Waals surface area contributed by atoms with E-state index in [2.05, 4.69) is 13.2 Å². The van der Waals surface area contributed by atoms with E-state index in [4.69, 9.17) is 24.1 Å². The van der Waals surface area contributed by atoms with Crippen LogP contribution >= 0.6 is 0 Å². The summed E-state index contributed by atoms with van der Waals surface area (Å²) < 4.78 is 20.1. The number of hydrogen-bond donors (Lipinski definition) is 1. The van der Waals surface area contributed by atoms with Gasteiger partial charge in [-0.25, -0.2) is 4.79 Å². The summed E-state index contributed by atoms with van der Waals surface area (Å²) in [5, 5.41) is 8.47. The Morgan fingerprint density at radius 2 is 2.00 bits per heavy atom. The van der Waals surface area contributed by atoms with Gasteiger partial charge in [0.25, 0.3) is 6.29 Å². The second-order valence-corrected chi connectivity index (χ2v) is 3.33. The highest BCUT2D eigenvalue weighted by atomic mass is 16.7. The number of carbonyl (C=O) groups is 1. The lowest BCUT2D eigenvalue weighted by Gasteiger charge is -2.17. The maximum atomic E-state index is 11.3. The molecule has 6 heteroatoms. The van der Waals surface area contributed by atoms with E-state index < -0.39 is 12.3 Å². The van der Waals surface area contributed by atoms with Crippen molar-refractivity contribution < 1.29 is 28.8 Å². The summed E-state index contributed by atoms with van der Waals surface area (Å²) in [6.45, 7) is 9.32. The van der Waals surface area contributed by atoms with Crippen molar-refractivity contribution in [2.45, 2.75) is 13.2 Å². The summed E-state index contributed by atoms with van der Waals surface area (Å²) in [5.41, 5.74) is 0.277. The highest BCUT2D eigenvalue weighted by molar-refractivity contribution is 5.87. The molecule has 0 bridgehead atoms. The molecular formula is C12H20O6. The molecule has 0 amide bonds. The second-order valence-electron chi connectivity index (χ2n) is 3.33. The first-order chi connectivity index (χ1) is 8.61. The van der Waals surface area contributed by atoms with Gasteiger partial charge in [-0.1, -0.05) is 13.2 Å². The third-order valence-electron chi connectivity index (χ3n) is 1.70. The number of ether oxygens (including phenoxy) is 4. The van der Waals surface area contributed by atoms with Crippen LogP contribution in [-0.4, -0.2) is 50.4 Å². The first kappa shape index (κ1) is 16.6. The Balaban J connectivity index is 3.79. The maximum Gasteiger partial charge on any atom is 0.336 e. The number of carbonyl (C=O) groups excluding carboxylic acids is 1. The average Bonchev–Trinajstić information content (AvgIpc) is 2.33. The van der Waals surface area contributed by atoms with Gasteiger partial charge in [-0.05, 0) is 6.92 Å². The molecule has 0 saturated heterocycles. The Hall–Kier alpha value is -1.37. The fraction of sp³-hybridized carbons (Fsp3) is 0.583. The van der Waals surface area contributed by atoms with Gasteiger partial charge in [0, 0.05) is 5.57 Å². The van der Waals surface area contributed by atoms with Crippen molar-refractivity contribution in [3.05, 3.63) is 25.0 Å². The van der Waals surface area contributed by atoms with E-state index in [0.29, 0.717) is 13.2 Å². The molecule has 0 aromatic heterocycles. The number of esters is 1. The van der Waals surface area contributed by atoms with E-state index in [9.17, 15) is 4.79 Å². The van der Waals surface area contributed by atoms with Crippen molar-refractivity contribution in [2.24, 2.45) is 0 Å². The molecule has 0 aliphatic rings. The fourth-order valence-corrected chi connectivity index (χ4v) is 0.892. The van der Waals surface area contributed by atoms with Gasteiger partial charge in [-0.2, -0.15) is 0 Å². The van der Waals surface area contributed by atoms with Crippen LogP contribution in [0, 0.1) is 0 Å². The Labute approximate surface area is 107 Å². The summed E-state index contributed by atoms with van der Waals surface area (Å²) in [6.07, 6.45) is 0.312. The Kier molecular flexibility index (Phi) is 9.94. The lowest BCUT2D eigenvalue weighted by atomic mass is 10.4. The van der Waals surface area contributed by atoms with Gasteiger partial charge in [0.1, 0.15) is 6.61 Å². The molecule has 0 saturated carbocycles. The van der Waals surface area contributed by atoms with Crippen LogP contribution in [-0.2, 0) is 23.7 Å². The molecule has 0 rings (SSSR count). The normalized spacial score (nSPS) is 11.7. The first-order valence-electron chi connectivity index (χ1n) is 5.51. The SMILES string of the molecule is C=COC(COCCOCCO)OC(=O)C(=C)C. The molecule has 18 heavy (non-hydrogen) atoms. The number of rotatable bonds is 11. The lowest BCUT2D eigenvalue weighted by molar-refractivity contribution is -0.174. The van der Waals surface area contributed by atoms with Crippen LogP contribution in [0.25, 0.3) is 0 Å². The molecule has 0 radical (unpaired) electrons. The van der Waals surface area contributed by atoms with Crippen LogP contribution < -0.4 is 0 Å². The molecule has 1 N–H and O–H groups in total. The molecule has 1 unspecified atom stereocenters.